The molecule has 1 aromatic carbocycles. The zero-order valence-corrected chi connectivity index (χ0v) is 13.7. The SMILES string of the molecule is O=C(C(OC1CCCC1)c1ccccc1)N1CCC(CO)CC1. The van der Waals surface area contributed by atoms with Crippen molar-refractivity contribution in [3.05, 3.63) is 35.9 Å². The largest absolute Gasteiger partial charge is 0.396 e. The van der Waals surface area contributed by atoms with Gasteiger partial charge in [0.05, 0.1) is 6.10 Å². The highest BCUT2D eigenvalue weighted by atomic mass is 16.5. The van der Waals surface area contributed by atoms with Crippen LogP contribution in [-0.2, 0) is 9.53 Å². The molecule has 1 saturated carbocycles. The second-order valence-corrected chi connectivity index (χ2v) is 6.78. The maximum atomic E-state index is 13.0. The van der Waals surface area contributed by atoms with Crippen molar-refractivity contribution in [2.24, 2.45) is 5.92 Å². The van der Waals surface area contributed by atoms with Crippen LogP contribution in [0, 0.1) is 5.92 Å². The van der Waals surface area contributed by atoms with Crippen molar-refractivity contribution in [2.75, 3.05) is 19.7 Å². The molecule has 1 aliphatic carbocycles. The van der Waals surface area contributed by atoms with Gasteiger partial charge in [-0.25, -0.2) is 0 Å². The van der Waals surface area contributed by atoms with Crippen molar-refractivity contribution < 1.29 is 14.6 Å². The highest BCUT2D eigenvalue weighted by Gasteiger charge is 2.32. The van der Waals surface area contributed by atoms with E-state index in [0.717, 1.165) is 44.3 Å². The lowest BCUT2D eigenvalue weighted by molar-refractivity contribution is -0.149. The van der Waals surface area contributed by atoms with Crippen molar-refractivity contribution in [1.82, 2.24) is 4.90 Å². The van der Waals surface area contributed by atoms with Gasteiger partial charge in [-0.15, -0.1) is 0 Å². The molecule has 3 rings (SSSR count). The number of aliphatic hydroxyl groups excluding tert-OH is 1. The van der Waals surface area contributed by atoms with Gasteiger partial charge in [-0.2, -0.15) is 0 Å². The summed E-state index contributed by atoms with van der Waals surface area (Å²) in [5.41, 5.74) is 0.952. The van der Waals surface area contributed by atoms with Gasteiger partial charge >= 0.3 is 0 Å². The number of benzene rings is 1. The minimum atomic E-state index is -0.482. The number of amides is 1. The van der Waals surface area contributed by atoms with Gasteiger partial charge in [0.15, 0.2) is 6.10 Å². The number of hydrogen-bond acceptors (Lipinski definition) is 3. The first-order chi connectivity index (χ1) is 11.3. The monoisotopic (exact) mass is 317 g/mol. The van der Waals surface area contributed by atoms with E-state index in [4.69, 9.17) is 4.74 Å². The van der Waals surface area contributed by atoms with E-state index in [1.165, 1.54) is 12.8 Å². The number of ether oxygens (including phenoxy) is 1. The molecule has 2 fully saturated rings. The molecule has 1 aromatic rings. The van der Waals surface area contributed by atoms with Gasteiger partial charge in [-0.05, 0) is 37.2 Å². The Morgan fingerprint density at radius 1 is 1.13 bits per heavy atom. The van der Waals surface area contributed by atoms with Crippen molar-refractivity contribution >= 4 is 5.91 Å². The van der Waals surface area contributed by atoms with Crippen molar-refractivity contribution in [3.63, 3.8) is 0 Å². The topological polar surface area (TPSA) is 49.8 Å². The molecule has 0 spiro atoms. The minimum absolute atomic E-state index is 0.0829. The number of carbonyl (C=O) groups is 1. The van der Waals surface area contributed by atoms with Crippen LogP contribution in [0.25, 0.3) is 0 Å². The summed E-state index contributed by atoms with van der Waals surface area (Å²) < 4.78 is 6.23. The van der Waals surface area contributed by atoms with E-state index >= 15 is 0 Å². The highest BCUT2D eigenvalue weighted by molar-refractivity contribution is 5.82. The third kappa shape index (κ3) is 4.12. The van der Waals surface area contributed by atoms with E-state index in [1.807, 2.05) is 35.2 Å². The smallest absolute Gasteiger partial charge is 0.256 e. The summed E-state index contributed by atoms with van der Waals surface area (Å²) in [6.45, 7) is 1.67. The van der Waals surface area contributed by atoms with Crippen LogP contribution in [0.15, 0.2) is 30.3 Å². The van der Waals surface area contributed by atoms with E-state index in [-0.39, 0.29) is 18.6 Å². The number of aliphatic hydroxyl groups is 1. The molecule has 1 heterocycles. The fourth-order valence-corrected chi connectivity index (χ4v) is 3.63. The van der Waals surface area contributed by atoms with Crippen molar-refractivity contribution in [1.29, 1.82) is 0 Å². The van der Waals surface area contributed by atoms with E-state index < -0.39 is 6.10 Å². The molecular formula is C19H27NO3. The molecule has 2 aliphatic rings. The average molecular weight is 317 g/mol. The molecule has 0 bridgehead atoms. The van der Waals surface area contributed by atoms with Gasteiger partial charge in [0.25, 0.3) is 5.91 Å². The Bertz CT molecular complexity index is 491. The Morgan fingerprint density at radius 2 is 1.78 bits per heavy atom. The number of nitrogens with zero attached hydrogens (tertiary/aromatic N) is 1. The molecule has 1 atom stereocenters. The molecule has 1 unspecified atom stereocenters. The van der Waals surface area contributed by atoms with Gasteiger partial charge in [0.1, 0.15) is 0 Å². The van der Waals surface area contributed by atoms with Crippen LogP contribution < -0.4 is 0 Å². The van der Waals surface area contributed by atoms with Crippen LogP contribution in [0.2, 0.25) is 0 Å². The first-order valence-corrected chi connectivity index (χ1v) is 8.88. The average Bonchev–Trinajstić information content (AvgIpc) is 3.13. The summed E-state index contributed by atoms with van der Waals surface area (Å²) in [5, 5.41) is 9.26. The Hall–Kier alpha value is -1.39. The Kier molecular flexibility index (Phi) is 5.68. The summed E-state index contributed by atoms with van der Waals surface area (Å²) in [5.74, 6) is 0.421. The van der Waals surface area contributed by atoms with Crippen molar-refractivity contribution in [2.45, 2.75) is 50.7 Å². The Morgan fingerprint density at radius 3 is 2.39 bits per heavy atom. The minimum Gasteiger partial charge on any atom is -0.396 e. The highest BCUT2D eigenvalue weighted by Crippen LogP contribution is 2.30. The summed E-state index contributed by atoms with van der Waals surface area (Å²) in [6, 6.07) is 9.86. The number of piperidine rings is 1. The summed E-state index contributed by atoms with van der Waals surface area (Å²) >= 11 is 0. The third-order valence-corrected chi connectivity index (χ3v) is 5.14. The van der Waals surface area contributed by atoms with Crippen LogP contribution in [-0.4, -0.2) is 41.7 Å². The zero-order chi connectivity index (χ0) is 16.1. The lowest BCUT2D eigenvalue weighted by Gasteiger charge is -2.34. The molecule has 0 radical (unpaired) electrons. The maximum Gasteiger partial charge on any atom is 0.256 e. The maximum absolute atomic E-state index is 13.0. The standard InChI is InChI=1S/C19H27NO3/c21-14-15-10-12-20(13-11-15)19(22)18(16-6-2-1-3-7-16)23-17-8-4-5-9-17/h1-3,6-7,15,17-18,21H,4-5,8-14H2. The van der Waals surface area contributed by atoms with Crippen LogP contribution >= 0.6 is 0 Å². The van der Waals surface area contributed by atoms with Gasteiger partial charge < -0.3 is 14.7 Å². The fraction of sp³-hybridized carbons (Fsp3) is 0.632. The van der Waals surface area contributed by atoms with Crippen LogP contribution in [0.1, 0.15) is 50.2 Å². The van der Waals surface area contributed by atoms with Gasteiger partial charge in [0.2, 0.25) is 0 Å². The number of hydrogen-bond donors (Lipinski definition) is 1. The third-order valence-electron chi connectivity index (χ3n) is 5.14. The normalized spacial score (nSPS) is 21.5. The second kappa shape index (κ2) is 7.93. The first kappa shape index (κ1) is 16.5. The molecule has 23 heavy (non-hydrogen) atoms. The molecule has 126 valence electrons. The first-order valence-electron chi connectivity index (χ1n) is 8.88. The zero-order valence-electron chi connectivity index (χ0n) is 13.7. The fourth-order valence-electron chi connectivity index (χ4n) is 3.63. The molecule has 1 N–H and O–H groups in total. The van der Waals surface area contributed by atoms with E-state index in [9.17, 15) is 9.90 Å². The van der Waals surface area contributed by atoms with E-state index in [2.05, 4.69) is 0 Å². The second-order valence-electron chi connectivity index (χ2n) is 6.78. The lowest BCUT2D eigenvalue weighted by atomic mass is 9.97. The van der Waals surface area contributed by atoms with E-state index in [1.54, 1.807) is 0 Å². The van der Waals surface area contributed by atoms with Crippen LogP contribution in [0.3, 0.4) is 0 Å². The molecule has 0 aromatic heterocycles. The Balaban J connectivity index is 1.70. The summed E-state index contributed by atoms with van der Waals surface area (Å²) in [4.78, 5) is 14.9. The number of likely N-dealkylation sites (tertiary alicyclic amines) is 1. The van der Waals surface area contributed by atoms with Gasteiger partial charge in [0, 0.05) is 19.7 Å². The van der Waals surface area contributed by atoms with E-state index in [0.29, 0.717) is 5.92 Å². The van der Waals surface area contributed by atoms with Crippen LogP contribution in [0.5, 0.6) is 0 Å². The van der Waals surface area contributed by atoms with Crippen LogP contribution in [0.4, 0.5) is 0 Å². The molecule has 1 amide bonds. The molecule has 4 heteroatoms. The predicted octanol–water partition coefficient (Wildman–Crippen LogP) is 2.92. The molecule has 1 saturated heterocycles. The predicted molar refractivity (Wildman–Crippen MR) is 88.9 cm³/mol. The van der Waals surface area contributed by atoms with Crippen molar-refractivity contribution in [3.8, 4) is 0 Å². The number of rotatable bonds is 5. The lowest BCUT2D eigenvalue weighted by Crippen LogP contribution is -2.42. The molecule has 1 aliphatic heterocycles. The van der Waals surface area contributed by atoms with Gasteiger partial charge in [-0.1, -0.05) is 43.2 Å². The molecule has 4 nitrogen and oxygen atoms in total. The summed E-state index contributed by atoms with van der Waals surface area (Å²) in [7, 11) is 0. The Labute approximate surface area is 138 Å². The molecular weight excluding hydrogens is 290 g/mol. The quantitative estimate of drug-likeness (QED) is 0.908. The van der Waals surface area contributed by atoms with Gasteiger partial charge in [-0.3, -0.25) is 4.79 Å². The summed E-state index contributed by atoms with van der Waals surface area (Å²) in [6.07, 6.45) is 6.00. The number of carbonyl (C=O) groups excluding carboxylic acids is 1.